The van der Waals surface area contributed by atoms with Gasteiger partial charge in [0.15, 0.2) is 0 Å². The molecule has 0 amide bonds. The van der Waals surface area contributed by atoms with Crippen molar-refractivity contribution < 1.29 is 9.47 Å². The van der Waals surface area contributed by atoms with Gasteiger partial charge in [0, 0.05) is 10.9 Å². The van der Waals surface area contributed by atoms with E-state index in [0.717, 1.165) is 56.8 Å². The van der Waals surface area contributed by atoms with Crippen LogP contribution in [0, 0.1) is 5.92 Å². The van der Waals surface area contributed by atoms with Gasteiger partial charge in [-0.1, -0.05) is 39.8 Å². The molecule has 0 spiro atoms. The van der Waals surface area contributed by atoms with Gasteiger partial charge >= 0.3 is 0 Å². The molecule has 1 unspecified atom stereocenters. The number of halogens is 1. The summed E-state index contributed by atoms with van der Waals surface area (Å²) in [4.78, 5) is 0. The number of fused-ring (bicyclic) bond motifs is 1. The molecule has 0 saturated carbocycles. The predicted molar refractivity (Wildman–Crippen MR) is 113 cm³/mol. The number of hydrogen-bond acceptors (Lipinski definition) is 2. The molecule has 0 aromatic heterocycles. The zero-order valence-corrected chi connectivity index (χ0v) is 17.4. The third-order valence-electron chi connectivity index (χ3n) is 4.61. The molecule has 0 N–H and O–H groups in total. The van der Waals surface area contributed by atoms with Crippen LogP contribution in [0.15, 0.2) is 30.3 Å². The van der Waals surface area contributed by atoms with Crippen LogP contribution in [-0.2, 0) is 6.42 Å². The lowest BCUT2D eigenvalue weighted by Crippen LogP contribution is -2.04. The van der Waals surface area contributed by atoms with E-state index in [-0.39, 0.29) is 0 Å². The van der Waals surface area contributed by atoms with E-state index in [1.165, 1.54) is 16.3 Å². The Balaban J connectivity index is 2.03. The number of aryl methyl sites for hydroxylation is 1. The van der Waals surface area contributed by atoms with Crippen LogP contribution in [0.2, 0.25) is 0 Å². The van der Waals surface area contributed by atoms with Crippen molar-refractivity contribution in [1.29, 1.82) is 0 Å². The minimum atomic E-state index is 0.300. The molecule has 0 aliphatic carbocycles. The fourth-order valence-electron chi connectivity index (χ4n) is 3.06. The molecular weight excluding hydrogens is 344 g/mol. The van der Waals surface area contributed by atoms with Gasteiger partial charge < -0.3 is 9.47 Å². The highest BCUT2D eigenvalue weighted by molar-refractivity contribution is 6.20. The average molecular weight is 377 g/mol. The highest BCUT2D eigenvalue weighted by atomic mass is 35.5. The zero-order valence-electron chi connectivity index (χ0n) is 16.7. The van der Waals surface area contributed by atoms with Crippen molar-refractivity contribution in [3.63, 3.8) is 0 Å². The molecule has 144 valence electrons. The van der Waals surface area contributed by atoms with Crippen molar-refractivity contribution in [2.45, 2.75) is 65.2 Å². The Kier molecular flexibility index (Phi) is 8.58. The number of alkyl halides is 1. The fraction of sp³-hybridized carbons (Fsp3) is 0.565. The number of hydrogen-bond donors (Lipinski definition) is 0. The molecule has 0 aliphatic rings. The molecular formula is C23H33ClO2. The first-order valence-electron chi connectivity index (χ1n) is 10.00. The summed E-state index contributed by atoms with van der Waals surface area (Å²) in [6.07, 6.45) is 5.23. The van der Waals surface area contributed by atoms with Crippen LogP contribution in [-0.4, -0.2) is 18.6 Å². The Morgan fingerprint density at radius 2 is 1.81 bits per heavy atom. The molecule has 2 aromatic rings. The Hall–Kier alpha value is -1.41. The first-order valence-corrected chi connectivity index (χ1v) is 10.4. The summed E-state index contributed by atoms with van der Waals surface area (Å²) in [5.41, 5.74) is 1.28. The van der Waals surface area contributed by atoms with E-state index in [4.69, 9.17) is 21.1 Å². The summed E-state index contributed by atoms with van der Waals surface area (Å²) in [6, 6.07) is 10.6. The van der Waals surface area contributed by atoms with E-state index >= 15 is 0 Å². The molecule has 2 rings (SSSR count). The van der Waals surface area contributed by atoms with E-state index in [1.807, 2.05) is 0 Å². The van der Waals surface area contributed by atoms with Crippen molar-refractivity contribution in [3.8, 4) is 11.5 Å². The van der Waals surface area contributed by atoms with Gasteiger partial charge in [-0.2, -0.15) is 0 Å². The summed E-state index contributed by atoms with van der Waals surface area (Å²) < 4.78 is 11.9. The van der Waals surface area contributed by atoms with Crippen LogP contribution in [0.25, 0.3) is 10.8 Å². The molecule has 2 nitrogen and oxygen atoms in total. The molecule has 26 heavy (non-hydrogen) atoms. The van der Waals surface area contributed by atoms with Gasteiger partial charge in [0.05, 0.1) is 13.2 Å². The molecule has 0 bridgehead atoms. The number of rotatable bonds is 11. The largest absolute Gasteiger partial charge is 0.493 e. The second-order valence-electron chi connectivity index (χ2n) is 7.33. The van der Waals surface area contributed by atoms with Crippen LogP contribution in [0.4, 0.5) is 0 Å². The smallest absolute Gasteiger partial charge is 0.123 e. The van der Waals surface area contributed by atoms with Gasteiger partial charge in [0.2, 0.25) is 0 Å². The van der Waals surface area contributed by atoms with E-state index in [0.29, 0.717) is 11.3 Å². The lowest BCUT2D eigenvalue weighted by atomic mass is 10.0. The van der Waals surface area contributed by atoms with Crippen LogP contribution in [0.5, 0.6) is 11.5 Å². The minimum absolute atomic E-state index is 0.300. The Labute approximate surface area is 163 Å². The Morgan fingerprint density at radius 1 is 1.00 bits per heavy atom. The van der Waals surface area contributed by atoms with Crippen LogP contribution < -0.4 is 9.47 Å². The highest BCUT2D eigenvalue weighted by Gasteiger charge is 2.09. The van der Waals surface area contributed by atoms with E-state index in [2.05, 4.69) is 58.0 Å². The van der Waals surface area contributed by atoms with Crippen molar-refractivity contribution in [3.05, 3.63) is 35.9 Å². The summed E-state index contributed by atoms with van der Waals surface area (Å²) in [6.45, 7) is 10.1. The molecule has 0 saturated heterocycles. The van der Waals surface area contributed by atoms with Gasteiger partial charge in [-0.3, -0.25) is 0 Å². The molecule has 2 aromatic carbocycles. The van der Waals surface area contributed by atoms with Gasteiger partial charge in [0.25, 0.3) is 0 Å². The minimum Gasteiger partial charge on any atom is -0.493 e. The Morgan fingerprint density at radius 3 is 2.50 bits per heavy atom. The predicted octanol–water partition coefficient (Wildman–Crippen LogP) is 7.00. The first kappa shape index (κ1) is 20.9. The van der Waals surface area contributed by atoms with Gasteiger partial charge in [-0.15, -0.1) is 11.6 Å². The average Bonchev–Trinajstić information content (AvgIpc) is 2.65. The van der Waals surface area contributed by atoms with Crippen molar-refractivity contribution >= 4 is 22.4 Å². The Bertz CT molecular complexity index is 681. The summed E-state index contributed by atoms with van der Waals surface area (Å²) in [7, 11) is 0. The van der Waals surface area contributed by atoms with Crippen LogP contribution in [0.1, 0.15) is 58.9 Å². The summed E-state index contributed by atoms with van der Waals surface area (Å²) >= 11 is 6.18. The lowest BCUT2D eigenvalue weighted by Gasteiger charge is -2.15. The molecule has 0 aliphatic heterocycles. The van der Waals surface area contributed by atoms with E-state index in [1.54, 1.807) is 0 Å². The molecule has 3 heteroatoms. The summed E-state index contributed by atoms with van der Waals surface area (Å²) in [5.74, 6) is 2.47. The quantitative estimate of drug-likeness (QED) is 0.310. The van der Waals surface area contributed by atoms with E-state index in [9.17, 15) is 0 Å². The fourth-order valence-corrected chi connectivity index (χ4v) is 3.21. The lowest BCUT2D eigenvalue weighted by molar-refractivity contribution is 0.271. The number of ether oxygens (including phenoxy) is 2. The standard InChI is InChI=1S/C23H33ClO2/c1-5-19(24)9-7-8-14-25-23-13-10-18-15-20(26-16-17(3)4)11-12-22(18)21(23)6-2/h10-13,15,17,19H,5-9,14,16H2,1-4H3. The molecule has 0 radical (unpaired) electrons. The zero-order chi connectivity index (χ0) is 18.9. The van der Waals surface area contributed by atoms with Gasteiger partial charge in [-0.25, -0.2) is 0 Å². The molecule has 1 atom stereocenters. The normalized spacial score (nSPS) is 12.5. The van der Waals surface area contributed by atoms with Crippen molar-refractivity contribution in [2.24, 2.45) is 5.92 Å². The maximum Gasteiger partial charge on any atom is 0.123 e. The summed E-state index contributed by atoms with van der Waals surface area (Å²) in [5, 5.41) is 2.77. The third-order valence-corrected chi connectivity index (χ3v) is 5.14. The van der Waals surface area contributed by atoms with E-state index < -0.39 is 0 Å². The third kappa shape index (κ3) is 6.09. The van der Waals surface area contributed by atoms with Crippen molar-refractivity contribution in [2.75, 3.05) is 13.2 Å². The first-order chi connectivity index (χ1) is 12.5. The van der Waals surface area contributed by atoms with Crippen molar-refractivity contribution in [1.82, 2.24) is 0 Å². The van der Waals surface area contributed by atoms with Crippen LogP contribution >= 0.6 is 11.6 Å². The van der Waals surface area contributed by atoms with Gasteiger partial charge in [-0.05, 0) is 67.0 Å². The highest BCUT2D eigenvalue weighted by Crippen LogP contribution is 2.31. The van der Waals surface area contributed by atoms with Gasteiger partial charge in [0.1, 0.15) is 11.5 Å². The maximum atomic E-state index is 6.18. The topological polar surface area (TPSA) is 18.5 Å². The number of benzene rings is 2. The second-order valence-corrected chi connectivity index (χ2v) is 7.95. The number of unbranched alkanes of at least 4 members (excludes halogenated alkanes) is 1. The molecule has 0 fully saturated rings. The maximum absolute atomic E-state index is 6.18. The molecule has 0 heterocycles. The second kappa shape index (κ2) is 10.7. The SMILES string of the molecule is CCc1c(OCCCCC(Cl)CC)ccc2cc(OCC(C)C)ccc12. The van der Waals surface area contributed by atoms with Crippen LogP contribution in [0.3, 0.4) is 0 Å². The monoisotopic (exact) mass is 376 g/mol.